The Bertz CT molecular complexity index is 994. The van der Waals surface area contributed by atoms with Gasteiger partial charge in [0, 0.05) is 19.4 Å². The smallest absolute Gasteiger partial charge is 0.262 e. The number of rotatable bonds is 4. The van der Waals surface area contributed by atoms with Crippen molar-refractivity contribution in [3.05, 3.63) is 59.4 Å². The van der Waals surface area contributed by atoms with Gasteiger partial charge in [0.05, 0.1) is 16.0 Å². The van der Waals surface area contributed by atoms with E-state index >= 15 is 0 Å². The Labute approximate surface area is 156 Å². The van der Waals surface area contributed by atoms with Gasteiger partial charge in [0.2, 0.25) is 0 Å². The zero-order chi connectivity index (χ0) is 21.3. The molecule has 1 aromatic heterocycles. The second kappa shape index (κ2) is 7.40. The highest BCUT2D eigenvalue weighted by Crippen LogP contribution is 2.40. The van der Waals surface area contributed by atoms with Crippen molar-refractivity contribution in [1.29, 1.82) is 10.0 Å². The van der Waals surface area contributed by atoms with E-state index in [2.05, 4.69) is 4.98 Å². The predicted octanol–water partition coefficient (Wildman–Crippen LogP) is 4.53. The molecule has 1 aromatic carbocycles. The molecule has 0 bridgehead atoms. The van der Waals surface area contributed by atoms with E-state index in [4.69, 9.17) is 10.0 Å². The molecule has 0 radical (unpaired) electrons. The van der Waals surface area contributed by atoms with Crippen LogP contribution in [0.5, 0.6) is 0 Å². The SMILES string of the molecule is CN([C@H](c1ccc(C(F)(F)F)cc1)C(F)(F)F)[S@](=N)(=O)c1cncc(C#N)c1. The van der Waals surface area contributed by atoms with Crippen molar-refractivity contribution in [2.75, 3.05) is 7.05 Å². The summed E-state index contributed by atoms with van der Waals surface area (Å²) in [6.45, 7) is 0. The summed E-state index contributed by atoms with van der Waals surface area (Å²) in [5.74, 6) is 0. The van der Waals surface area contributed by atoms with Crippen molar-refractivity contribution >= 4 is 9.92 Å². The molecule has 0 saturated heterocycles. The van der Waals surface area contributed by atoms with Crippen LogP contribution in [-0.2, 0) is 16.1 Å². The van der Waals surface area contributed by atoms with Gasteiger partial charge in [-0.05, 0) is 23.8 Å². The van der Waals surface area contributed by atoms with Gasteiger partial charge in [0.15, 0.2) is 0 Å². The zero-order valence-electron chi connectivity index (χ0n) is 14.0. The van der Waals surface area contributed by atoms with Crippen molar-refractivity contribution in [3.8, 4) is 6.07 Å². The number of alkyl halides is 6. The number of benzene rings is 1. The monoisotopic (exact) mass is 422 g/mol. The Kier molecular flexibility index (Phi) is 5.72. The van der Waals surface area contributed by atoms with E-state index in [1.165, 1.54) is 0 Å². The first-order chi connectivity index (χ1) is 12.8. The van der Waals surface area contributed by atoms with Crippen LogP contribution in [0.2, 0.25) is 0 Å². The van der Waals surface area contributed by atoms with Gasteiger partial charge < -0.3 is 0 Å². The van der Waals surface area contributed by atoms with Gasteiger partial charge in [-0.3, -0.25) is 4.98 Å². The molecule has 1 heterocycles. The Morgan fingerprint density at radius 3 is 2.18 bits per heavy atom. The summed E-state index contributed by atoms with van der Waals surface area (Å²) < 4.78 is 99.9. The lowest BCUT2D eigenvalue weighted by atomic mass is 10.0. The second-order valence-corrected chi connectivity index (χ2v) is 7.76. The molecule has 0 amide bonds. The van der Waals surface area contributed by atoms with Gasteiger partial charge in [0.25, 0.3) is 0 Å². The van der Waals surface area contributed by atoms with E-state index in [-0.39, 0.29) is 9.87 Å². The highest BCUT2D eigenvalue weighted by molar-refractivity contribution is 7.90. The van der Waals surface area contributed by atoms with E-state index < -0.39 is 44.3 Å². The van der Waals surface area contributed by atoms with Crippen LogP contribution < -0.4 is 0 Å². The lowest BCUT2D eigenvalue weighted by molar-refractivity contribution is -0.170. The van der Waals surface area contributed by atoms with Crippen LogP contribution in [-0.4, -0.2) is 26.7 Å². The molecule has 0 saturated carbocycles. The molecule has 28 heavy (non-hydrogen) atoms. The maximum atomic E-state index is 13.6. The summed E-state index contributed by atoms with van der Waals surface area (Å²) in [7, 11) is -3.50. The maximum absolute atomic E-state index is 13.6. The summed E-state index contributed by atoms with van der Waals surface area (Å²) in [5, 5.41) is 8.85. The van der Waals surface area contributed by atoms with Crippen LogP contribution in [0.1, 0.15) is 22.7 Å². The molecule has 0 aliphatic heterocycles. The van der Waals surface area contributed by atoms with Crippen molar-refractivity contribution in [2.45, 2.75) is 23.3 Å². The average Bonchev–Trinajstić information content (AvgIpc) is 2.60. The fraction of sp³-hybridized carbons (Fsp3) is 0.250. The molecule has 0 unspecified atom stereocenters. The van der Waals surface area contributed by atoms with E-state index in [9.17, 15) is 30.6 Å². The number of hydrogen-bond acceptors (Lipinski definition) is 4. The molecular weight excluding hydrogens is 410 g/mol. The van der Waals surface area contributed by atoms with E-state index in [1.54, 1.807) is 6.07 Å². The van der Waals surface area contributed by atoms with Crippen LogP contribution in [0.4, 0.5) is 26.3 Å². The minimum Gasteiger partial charge on any atom is -0.262 e. The van der Waals surface area contributed by atoms with Crippen LogP contribution in [0.25, 0.3) is 0 Å². The van der Waals surface area contributed by atoms with Gasteiger partial charge in [-0.1, -0.05) is 12.1 Å². The van der Waals surface area contributed by atoms with Gasteiger partial charge in [0.1, 0.15) is 22.0 Å². The highest BCUT2D eigenvalue weighted by Gasteiger charge is 2.47. The third-order valence-electron chi connectivity index (χ3n) is 3.79. The second-order valence-electron chi connectivity index (χ2n) is 5.66. The first-order valence-electron chi connectivity index (χ1n) is 7.39. The largest absolute Gasteiger partial charge is 0.416 e. The first-order valence-corrected chi connectivity index (χ1v) is 8.91. The van der Waals surface area contributed by atoms with Gasteiger partial charge in [-0.25, -0.2) is 13.3 Å². The highest BCUT2D eigenvalue weighted by atomic mass is 32.2. The average molecular weight is 422 g/mol. The molecule has 12 heteroatoms. The Morgan fingerprint density at radius 1 is 1.14 bits per heavy atom. The first kappa shape index (κ1) is 21.6. The third kappa shape index (κ3) is 4.42. The molecule has 0 aliphatic carbocycles. The van der Waals surface area contributed by atoms with E-state index in [0.29, 0.717) is 24.3 Å². The van der Waals surface area contributed by atoms with Gasteiger partial charge in [-0.2, -0.15) is 31.6 Å². The number of aromatic nitrogens is 1. The lowest BCUT2D eigenvalue weighted by Crippen LogP contribution is -2.39. The Balaban J connectivity index is 2.52. The molecular formula is C16H12F6N4OS. The van der Waals surface area contributed by atoms with Crippen LogP contribution in [0.3, 0.4) is 0 Å². The number of pyridine rings is 1. The third-order valence-corrected chi connectivity index (χ3v) is 5.68. The number of nitrogens with one attached hydrogen (secondary N) is 1. The number of nitrogens with zero attached hydrogens (tertiary/aromatic N) is 3. The zero-order valence-corrected chi connectivity index (χ0v) is 14.9. The van der Waals surface area contributed by atoms with Gasteiger partial charge >= 0.3 is 12.4 Å². The van der Waals surface area contributed by atoms with Crippen LogP contribution in [0.15, 0.2) is 47.6 Å². The molecule has 2 rings (SSSR count). The molecule has 150 valence electrons. The molecule has 5 nitrogen and oxygen atoms in total. The molecule has 1 N–H and O–H groups in total. The summed E-state index contributed by atoms with van der Waals surface area (Å²) in [4.78, 5) is 3.15. The van der Waals surface area contributed by atoms with Crippen molar-refractivity contribution in [1.82, 2.24) is 9.29 Å². The normalized spacial score (nSPS) is 15.7. The summed E-state index contributed by atoms with van der Waals surface area (Å²) in [6.07, 6.45) is -7.80. The Hall–Kier alpha value is -2.65. The number of halogens is 6. The van der Waals surface area contributed by atoms with Crippen LogP contribution >= 0.6 is 0 Å². The van der Waals surface area contributed by atoms with Gasteiger partial charge in [-0.15, -0.1) is 0 Å². The maximum Gasteiger partial charge on any atom is 0.416 e. The fourth-order valence-corrected chi connectivity index (χ4v) is 3.77. The quantitative estimate of drug-likeness (QED) is 0.736. The molecule has 2 atom stereocenters. The molecule has 0 aliphatic rings. The number of nitriles is 1. The van der Waals surface area contributed by atoms with Crippen LogP contribution in [0, 0.1) is 16.1 Å². The number of hydrogen-bond donors (Lipinski definition) is 1. The summed E-state index contributed by atoms with van der Waals surface area (Å²) in [6, 6.07) is 2.22. The summed E-state index contributed by atoms with van der Waals surface area (Å²) in [5.41, 5.74) is -1.87. The molecule has 0 spiro atoms. The van der Waals surface area contributed by atoms with E-state index in [0.717, 1.165) is 25.5 Å². The lowest BCUT2D eigenvalue weighted by Gasteiger charge is -2.31. The summed E-state index contributed by atoms with van der Waals surface area (Å²) >= 11 is 0. The predicted molar refractivity (Wildman–Crippen MR) is 86.1 cm³/mol. The Morgan fingerprint density at radius 2 is 1.71 bits per heavy atom. The topological polar surface area (TPSA) is 80.8 Å². The van der Waals surface area contributed by atoms with E-state index in [1.807, 2.05) is 0 Å². The van der Waals surface area contributed by atoms with Crippen molar-refractivity contribution < 1.29 is 30.6 Å². The minimum absolute atomic E-state index is 0.107. The molecule has 2 aromatic rings. The minimum atomic E-state index is -5.04. The molecule has 0 fully saturated rings. The standard InChI is InChI=1S/C16H12F6N4OS/c1-26(28(24,27)13-6-10(7-23)8-25-9-13)14(16(20,21)22)11-2-4-12(5-3-11)15(17,18)19/h2-6,8-9,14,24H,1H3/t14-,28+/m1/s1. The van der Waals surface area contributed by atoms with Crippen molar-refractivity contribution in [3.63, 3.8) is 0 Å². The fourth-order valence-electron chi connectivity index (χ4n) is 2.41. The van der Waals surface area contributed by atoms with Crippen molar-refractivity contribution in [2.24, 2.45) is 0 Å².